The molecule has 0 unspecified atom stereocenters. The van der Waals surface area contributed by atoms with Crippen molar-refractivity contribution >= 4 is 18.3 Å². The minimum absolute atomic E-state index is 0. The largest absolute Gasteiger partial charge is 0.416 e. The summed E-state index contributed by atoms with van der Waals surface area (Å²) in [7, 11) is 0. The van der Waals surface area contributed by atoms with E-state index < -0.39 is 11.7 Å². The second-order valence-corrected chi connectivity index (χ2v) is 6.89. The van der Waals surface area contributed by atoms with Crippen LogP contribution < -0.4 is 5.73 Å². The number of hydrogen-bond acceptors (Lipinski definition) is 2. The summed E-state index contributed by atoms with van der Waals surface area (Å²) in [6.07, 6.45) is 0.0488. The number of rotatable bonds is 5. The molecule has 2 aliphatic rings. The zero-order chi connectivity index (χ0) is 17.3. The van der Waals surface area contributed by atoms with E-state index in [2.05, 4.69) is 0 Å². The SMILES string of the molecule is Cl.NC[C@H]1CCC[C@H]1C(=O)N(Cc1ccccc1C(F)(F)F)C1CC1. The van der Waals surface area contributed by atoms with E-state index >= 15 is 0 Å². The molecule has 2 atom stereocenters. The van der Waals surface area contributed by atoms with E-state index in [0.29, 0.717) is 6.54 Å². The van der Waals surface area contributed by atoms with Gasteiger partial charge in [0.1, 0.15) is 0 Å². The number of hydrogen-bond donors (Lipinski definition) is 1. The molecule has 1 aromatic rings. The Hall–Kier alpha value is -1.27. The fourth-order valence-corrected chi connectivity index (χ4v) is 3.75. The molecule has 2 aliphatic carbocycles. The van der Waals surface area contributed by atoms with Gasteiger partial charge in [0.25, 0.3) is 0 Å². The molecule has 0 saturated heterocycles. The van der Waals surface area contributed by atoms with Gasteiger partial charge in [-0.2, -0.15) is 13.2 Å². The van der Waals surface area contributed by atoms with Gasteiger partial charge >= 0.3 is 6.18 Å². The summed E-state index contributed by atoms with van der Waals surface area (Å²) in [5.41, 5.74) is 5.29. The molecule has 3 nitrogen and oxygen atoms in total. The lowest BCUT2D eigenvalue weighted by atomic mass is 9.94. The lowest BCUT2D eigenvalue weighted by Gasteiger charge is -2.29. The second kappa shape index (κ2) is 7.96. The standard InChI is InChI=1S/C18H23F3N2O.ClH/c19-18(20,21)16-7-2-1-4-13(16)11-23(14-8-9-14)17(24)15-6-3-5-12(15)10-22;/h1-2,4,7,12,14-15H,3,5-6,8-11,22H2;1H/t12-,15-;/m1./s1. The van der Waals surface area contributed by atoms with Crippen LogP contribution in [0.25, 0.3) is 0 Å². The molecule has 0 radical (unpaired) electrons. The van der Waals surface area contributed by atoms with Crippen LogP contribution in [0.15, 0.2) is 24.3 Å². The van der Waals surface area contributed by atoms with Crippen LogP contribution in [0.1, 0.15) is 43.2 Å². The molecule has 140 valence electrons. The summed E-state index contributed by atoms with van der Waals surface area (Å²) >= 11 is 0. The van der Waals surface area contributed by atoms with Crippen molar-refractivity contribution in [1.29, 1.82) is 0 Å². The van der Waals surface area contributed by atoms with Crippen LogP contribution in [0.2, 0.25) is 0 Å². The molecule has 1 aromatic carbocycles. The lowest BCUT2D eigenvalue weighted by Crippen LogP contribution is -2.40. The summed E-state index contributed by atoms with van der Waals surface area (Å²) in [5, 5.41) is 0. The van der Waals surface area contributed by atoms with Gasteiger partial charge in [-0.1, -0.05) is 24.6 Å². The second-order valence-electron chi connectivity index (χ2n) is 6.89. The Morgan fingerprint density at radius 2 is 1.84 bits per heavy atom. The molecule has 1 amide bonds. The first-order valence-corrected chi connectivity index (χ1v) is 8.57. The number of nitrogens with two attached hydrogens (primary N) is 1. The van der Waals surface area contributed by atoms with Gasteiger partial charge in [0, 0.05) is 18.5 Å². The highest BCUT2D eigenvalue weighted by molar-refractivity contribution is 5.85. The molecule has 3 rings (SSSR count). The molecular weight excluding hydrogens is 353 g/mol. The molecule has 2 saturated carbocycles. The third-order valence-corrected chi connectivity index (χ3v) is 5.21. The van der Waals surface area contributed by atoms with E-state index in [-0.39, 0.29) is 48.3 Å². The highest BCUT2D eigenvalue weighted by atomic mass is 35.5. The van der Waals surface area contributed by atoms with Gasteiger partial charge in [-0.3, -0.25) is 4.79 Å². The smallest absolute Gasteiger partial charge is 0.335 e. The average molecular weight is 377 g/mol. The summed E-state index contributed by atoms with van der Waals surface area (Å²) < 4.78 is 39.6. The summed E-state index contributed by atoms with van der Waals surface area (Å²) in [6.45, 7) is 0.501. The van der Waals surface area contributed by atoms with Crippen molar-refractivity contribution < 1.29 is 18.0 Å². The zero-order valence-electron chi connectivity index (χ0n) is 14.0. The first-order chi connectivity index (χ1) is 11.4. The molecule has 25 heavy (non-hydrogen) atoms. The van der Waals surface area contributed by atoms with E-state index in [1.54, 1.807) is 11.0 Å². The molecule has 7 heteroatoms. The van der Waals surface area contributed by atoms with E-state index in [4.69, 9.17) is 5.73 Å². The molecule has 0 bridgehead atoms. The van der Waals surface area contributed by atoms with Crippen molar-refractivity contribution in [3.05, 3.63) is 35.4 Å². The van der Waals surface area contributed by atoms with Gasteiger partial charge in [-0.05, 0) is 49.8 Å². The molecule has 0 aromatic heterocycles. The molecule has 2 fully saturated rings. The Morgan fingerprint density at radius 1 is 1.16 bits per heavy atom. The number of benzene rings is 1. The van der Waals surface area contributed by atoms with Gasteiger partial charge in [-0.15, -0.1) is 12.4 Å². The summed E-state index contributed by atoms with van der Waals surface area (Å²) in [4.78, 5) is 14.6. The Kier molecular flexibility index (Phi) is 6.38. The Labute approximate surface area is 152 Å². The predicted molar refractivity (Wildman–Crippen MR) is 92.1 cm³/mol. The van der Waals surface area contributed by atoms with E-state index in [1.807, 2.05) is 0 Å². The predicted octanol–water partition coefficient (Wildman–Crippen LogP) is 3.99. The van der Waals surface area contributed by atoms with Gasteiger partial charge in [-0.25, -0.2) is 0 Å². The minimum Gasteiger partial charge on any atom is -0.335 e. The third-order valence-electron chi connectivity index (χ3n) is 5.21. The maximum atomic E-state index is 13.2. The Bertz CT molecular complexity index is 604. The van der Waals surface area contributed by atoms with Gasteiger partial charge in [0.05, 0.1) is 5.56 Å². The van der Waals surface area contributed by atoms with Crippen molar-refractivity contribution in [2.24, 2.45) is 17.6 Å². The van der Waals surface area contributed by atoms with Crippen molar-refractivity contribution in [2.75, 3.05) is 6.54 Å². The Balaban J connectivity index is 0.00000225. The fraction of sp³-hybridized carbons (Fsp3) is 0.611. The number of amides is 1. The van der Waals surface area contributed by atoms with Crippen LogP contribution in [-0.2, 0) is 17.5 Å². The topological polar surface area (TPSA) is 46.3 Å². The summed E-state index contributed by atoms with van der Waals surface area (Å²) in [5.74, 6) is 0.0210. The average Bonchev–Trinajstić information content (AvgIpc) is 3.27. The molecule has 0 heterocycles. The van der Waals surface area contributed by atoms with E-state index in [0.717, 1.165) is 38.2 Å². The number of alkyl halides is 3. The van der Waals surface area contributed by atoms with Crippen LogP contribution in [-0.4, -0.2) is 23.4 Å². The van der Waals surface area contributed by atoms with Crippen molar-refractivity contribution in [3.63, 3.8) is 0 Å². The highest BCUT2D eigenvalue weighted by Crippen LogP contribution is 2.38. The van der Waals surface area contributed by atoms with E-state index in [1.165, 1.54) is 12.1 Å². The number of halogens is 4. The van der Waals surface area contributed by atoms with Gasteiger partial charge in [0.15, 0.2) is 0 Å². The van der Waals surface area contributed by atoms with Gasteiger partial charge < -0.3 is 10.6 Å². The number of nitrogens with zero attached hydrogens (tertiary/aromatic N) is 1. The first kappa shape index (κ1) is 20.0. The van der Waals surface area contributed by atoms with Crippen molar-refractivity contribution in [3.8, 4) is 0 Å². The molecular formula is C18H24ClF3N2O. The molecule has 2 N–H and O–H groups in total. The third kappa shape index (κ3) is 4.47. The first-order valence-electron chi connectivity index (χ1n) is 8.57. The van der Waals surface area contributed by atoms with Gasteiger partial charge in [0.2, 0.25) is 5.91 Å². The number of carbonyl (C=O) groups excluding carboxylic acids is 1. The molecule has 0 aliphatic heterocycles. The summed E-state index contributed by atoms with van der Waals surface area (Å²) in [6, 6.07) is 5.62. The maximum absolute atomic E-state index is 13.2. The van der Waals surface area contributed by atoms with Crippen molar-refractivity contribution in [2.45, 2.75) is 50.9 Å². The van der Waals surface area contributed by atoms with Crippen LogP contribution >= 0.6 is 12.4 Å². The van der Waals surface area contributed by atoms with Crippen LogP contribution in [0.3, 0.4) is 0 Å². The quantitative estimate of drug-likeness (QED) is 0.844. The maximum Gasteiger partial charge on any atom is 0.416 e. The van der Waals surface area contributed by atoms with Crippen LogP contribution in [0, 0.1) is 11.8 Å². The fourth-order valence-electron chi connectivity index (χ4n) is 3.75. The minimum atomic E-state index is -4.40. The monoisotopic (exact) mass is 376 g/mol. The van der Waals surface area contributed by atoms with E-state index in [9.17, 15) is 18.0 Å². The number of carbonyl (C=O) groups is 1. The molecule has 0 spiro atoms. The Morgan fingerprint density at radius 3 is 2.44 bits per heavy atom. The highest BCUT2D eigenvalue weighted by Gasteiger charge is 2.41. The zero-order valence-corrected chi connectivity index (χ0v) is 14.8. The normalized spacial score (nSPS) is 23.2. The van der Waals surface area contributed by atoms with Crippen LogP contribution in [0.5, 0.6) is 0 Å². The lowest BCUT2D eigenvalue weighted by molar-refractivity contribution is -0.141. The van der Waals surface area contributed by atoms with Crippen molar-refractivity contribution in [1.82, 2.24) is 4.90 Å². The van der Waals surface area contributed by atoms with Crippen LogP contribution in [0.4, 0.5) is 13.2 Å².